The summed E-state index contributed by atoms with van der Waals surface area (Å²) in [7, 11) is 2.10. The number of nitrogens with one attached hydrogen (secondary N) is 1. The predicted octanol–water partition coefficient (Wildman–Crippen LogP) is 3.55. The molecule has 1 fully saturated rings. The Labute approximate surface area is 124 Å². The molecule has 0 saturated heterocycles. The van der Waals surface area contributed by atoms with E-state index in [1.807, 2.05) is 12.4 Å². The number of rotatable bonds is 7. The van der Waals surface area contributed by atoms with Crippen LogP contribution in [-0.2, 0) is 13.5 Å². The first-order chi connectivity index (χ1) is 9.70. The van der Waals surface area contributed by atoms with Crippen LogP contribution in [0.4, 0.5) is 0 Å². The Bertz CT molecular complexity index is 377. The van der Waals surface area contributed by atoms with Crippen LogP contribution in [0.15, 0.2) is 12.4 Å². The van der Waals surface area contributed by atoms with Crippen LogP contribution in [0.25, 0.3) is 0 Å². The van der Waals surface area contributed by atoms with E-state index in [9.17, 15) is 0 Å². The van der Waals surface area contributed by atoms with Crippen molar-refractivity contribution in [3.05, 3.63) is 18.2 Å². The second kappa shape index (κ2) is 7.82. The van der Waals surface area contributed by atoms with Crippen LogP contribution in [-0.4, -0.2) is 22.1 Å². The fourth-order valence-corrected chi connectivity index (χ4v) is 3.44. The van der Waals surface area contributed by atoms with Gasteiger partial charge in [-0.25, -0.2) is 4.98 Å². The van der Waals surface area contributed by atoms with E-state index in [1.54, 1.807) is 0 Å². The number of nitrogens with zero attached hydrogens (tertiary/aromatic N) is 2. The van der Waals surface area contributed by atoms with Crippen LogP contribution in [0.1, 0.15) is 58.2 Å². The largest absolute Gasteiger partial charge is 0.338 e. The van der Waals surface area contributed by atoms with Gasteiger partial charge in [-0.2, -0.15) is 0 Å². The fraction of sp³-hybridized carbons (Fsp3) is 0.824. The summed E-state index contributed by atoms with van der Waals surface area (Å²) in [5.41, 5.74) is 0. The van der Waals surface area contributed by atoms with Crippen molar-refractivity contribution in [2.75, 3.05) is 6.54 Å². The number of aromatic nitrogens is 2. The van der Waals surface area contributed by atoms with Gasteiger partial charge < -0.3 is 9.88 Å². The van der Waals surface area contributed by atoms with E-state index in [2.05, 4.69) is 35.8 Å². The number of imidazole rings is 1. The van der Waals surface area contributed by atoms with E-state index in [4.69, 9.17) is 0 Å². The highest BCUT2D eigenvalue weighted by Crippen LogP contribution is 2.31. The lowest BCUT2D eigenvalue weighted by molar-refractivity contribution is 0.222. The molecule has 1 aromatic rings. The van der Waals surface area contributed by atoms with E-state index in [1.165, 1.54) is 44.3 Å². The molecule has 0 bridgehead atoms. The molecule has 1 aliphatic rings. The van der Waals surface area contributed by atoms with Crippen molar-refractivity contribution in [1.29, 1.82) is 0 Å². The van der Waals surface area contributed by atoms with Crippen molar-refractivity contribution in [3.8, 4) is 0 Å². The van der Waals surface area contributed by atoms with Gasteiger partial charge in [0.15, 0.2) is 0 Å². The molecule has 0 aromatic carbocycles. The van der Waals surface area contributed by atoms with Crippen LogP contribution in [0.3, 0.4) is 0 Å². The number of hydrogen-bond donors (Lipinski definition) is 1. The maximum atomic E-state index is 4.46. The molecule has 1 aromatic heterocycles. The second-order valence-corrected chi connectivity index (χ2v) is 6.57. The average molecular weight is 277 g/mol. The number of aryl methyl sites for hydroxylation is 2. The van der Waals surface area contributed by atoms with Gasteiger partial charge in [0.2, 0.25) is 0 Å². The van der Waals surface area contributed by atoms with Crippen molar-refractivity contribution < 1.29 is 0 Å². The third-order valence-electron chi connectivity index (χ3n) is 4.89. The molecule has 2 rings (SSSR count). The quantitative estimate of drug-likeness (QED) is 0.826. The average Bonchev–Trinajstić information content (AvgIpc) is 2.86. The zero-order valence-electron chi connectivity index (χ0n) is 13.4. The molecule has 3 heteroatoms. The van der Waals surface area contributed by atoms with Gasteiger partial charge in [0.1, 0.15) is 5.82 Å². The van der Waals surface area contributed by atoms with Gasteiger partial charge in [-0.05, 0) is 44.1 Å². The predicted molar refractivity (Wildman–Crippen MR) is 84.7 cm³/mol. The van der Waals surface area contributed by atoms with Gasteiger partial charge in [0.05, 0.1) is 0 Å². The highest BCUT2D eigenvalue weighted by molar-refractivity contribution is 4.93. The SMILES string of the molecule is CCCNC(CCc1nccn1C)C1CCC(C)CC1. The first-order valence-corrected chi connectivity index (χ1v) is 8.40. The molecule has 3 nitrogen and oxygen atoms in total. The zero-order chi connectivity index (χ0) is 14.4. The van der Waals surface area contributed by atoms with Gasteiger partial charge >= 0.3 is 0 Å². The molecule has 1 saturated carbocycles. The topological polar surface area (TPSA) is 29.9 Å². The molecule has 0 amide bonds. The van der Waals surface area contributed by atoms with Crippen molar-refractivity contribution in [1.82, 2.24) is 14.9 Å². The Morgan fingerprint density at radius 1 is 1.35 bits per heavy atom. The van der Waals surface area contributed by atoms with Crippen LogP contribution in [0.5, 0.6) is 0 Å². The van der Waals surface area contributed by atoms with Gasteiger partial charge in [0, 0.05) is 31.9 Å². The maximum Gasteiger partial charge on any atom is 0.108 e. The van der Waals surface area contributed by atoms with Crippen LogP contribution < -0.4 is 5.32 Å². The smallest absolute Gasteiger partial charge is 0.108 e. The van der Waals surface area contributed by atoms with Crippen molar-refractivity contribution in [2.24, 2.45) is 18.9 Å². The fourth-order valence-electron chi connectivity index (χ4n) is 3.44. The van der Waals surface area contributed by atoms with E-state index in [0.29, 0.717) is 6.04 Å². The third-order valence-corrected chi connectivity index (χ3v) is 4.89. The minimum Gasteiger partial charge on any atom is -0.338 e. The van der Waals surface area contributed by atoms with Gasteiger partial charge in [-0.3, -0.25) is 0 Å². The Morgan fingerprint density at radius 3 is 2.70 bits per heavy atom. The molecular formula is C17H31N3. The Kier molecular flexibility index (Phi) is 6.08. The summed E-state index contributed by atoms with van der Waals surface area (Å²) in [6.07, 6.45) is 13.1. The Hall–Kier alpha value is -0.830. The van der Waals surface area contributed by atoms with Crippen LogP contribution >= 0.6 is 0 Å². The summed E-state index contributed by atoms with van der Waals surface area (Å²) >= 11 is 0. The zero-order valence-corrected chi connectivity index (χ0v) is 13.4. The third kappa shape index (κ3) is 4.34. The molecule has 114 valence electrons. The lowest BCUT2D eigenvalue weighted by Crippen LogP contribution is -2.39. The van der Waals surface area contributed by atoms with E-state index < -0.39 is 0 Å². The molecular weight excluding hydrogens is 246 g/mol. The van der Waals surface area contributed by atoms with Gasteiger partial charge in [-0.1, -0.05) is 26.7 Å². The second-order valence-electron chi connectivity index (χ2n) is 6.57. The highest BCUT2D eigenvalue weighted by atomic mass is 15.0. The van der Waals surface area contributed by atoms with E-state index in [-0.39, 0.29) is 0 Å². The molecule has 1 heterocycles. The Balaban J connectivity index is 1.87. The molecule has 1 unspecified atom stereocenters. The normalized spacial score (nSPS) is 24.8. The number of hydrogen-bond acceptors (Lipinski definition) is 2. The van der Waals surface area contributed by atoms with Crippen molar-refractivity contribution in [3.63, 3.8) is 0 Å². The van der Waals surface area contributed by atoms with E-state index >= 15 is 0 Å². The van der Waals surface area contributed by atoms with Crippen LogP contribution in [0.2, 0.25) is 0 Å². The lowest BCUT2D eigenvalue weighted by Gasteiger charge is -2.33. The summed E-state index contributed by atoms with van der Waals surface area (Å²) in [4.78, 5) is 4.46. The highest BCUT2D eigenvalue weighted by Gasteiger charge is 2.25. The van der Waals surface area contributed by atoms with E-state index in [0.717, 1.165) is 24.8 Å². The van der Waals surface area contributed by atoms with Gasteiger partial charge in [0.25, 0.3) is 0 Å². The molecule has 0 aliphatic heterocycles. The Morgan fingerprint density at radius 2 is 2.10 bits per heavy atom. The first-order valence-electron chi connectivity index (χ1n) is 8.40. The van der Waals surface area contributed by atoms with Crippen molar-refractivity contribution in [2.45, 2.75) is 64.8 Å². The molecule has 1 atom stereocenters. The molecule has 0 spiro atoms. The minimum atomic E-state index is 0.680. The van der Waals surface area contributed by atoms with Gasteiger partial charge in [-0.15, -0.1) is 0 Å². The monoisotopic (exact) mass is 277 g/mol. The van der Waals surface area contributed by atoms with Crippen LogP contribution in [0, 0.1) is 11.8 Å². The summed E-state index contributed by atoms with van der Waals surface area (Å²) < 4.78 is 2.15. The summed E-state index contributed by atoms with van der Waals surface area (Å²) in [6.45, 7) is 5.81. The summed E-state index contributed by atoms with van der Waals surface area (Å²) in [5.74, 6) is 3.03. The molecule has 0 radical (unpaired) electrons. The first kappa shape index (κ1) is 15.6. The summed E-state index contributed by atoms with van der Waals surface area (Å²) in [5, 5.41) is 3.80. The lowest BCUT2D eigenvalue weighted by atomic mass is 9.78. The molecule has 20 heavy (non-hydrogen) atoms. The molecule has 1 N–H and O–H groups in total. The maximum absolute atomic E-state index is 4.46. The molecule has 1 aliphatic carbocycles. The van der Waals surface area contributed by atoms with Crippen molar-refractivity contribution >= 4 is 0 Å². The minimum absolute atomic E-state index is 0.680. The summed E-state index contributed by atoms with van der Waals surface area (Å²) in [6, 6.07) is 0.680. The standard InChI is InChI=1S/C17H31N3/c1-4-11-18-16(15-7-5-14(2)6-8-15)9-10-17-19-12-13-20(17)3/h12-16,18H,4-11H2,1-3H3.